The summed E-state index contributed by atoms with van der Waals surface area (Å²) >= 11 is 5.86. The molecule has 6 N–H and O–H groups in total. The minimum Gasteiger partial charge on any atom is -0.616 e. The van der Waals surface area contributed by atoms with Crippen molar-refractivity contribution in [1.29, 1.82) is 0 Å². The molecule has 5 rings (SSSR count). The van der Waals surface area contributed by atoms with Gasteiger partial charge < -0.3 is 30.7 Å². The van der Waals surface area contributed by atoms with Crippen LogP contribution in [0.1, 0.15) is 34.3 Å². The van der Waals surface area contributed by atoms with Crippen molar-refractivity contribution >= 4 is 40.3 Å². The molecule has 1 aromatic rings. The third kappa shape index (κ3) is 3.64. The first-order valence-corrected chi connectivity index (χ1v) is 13.4. The number of primary amides is 1. The molecule has 4 aliphatic rings. The van der Waals surface area contributed by atoms with Gasteiger partial charge in [-0.05, 0) is 36.0 Å². The second-order valence-corrected chi connectivity index (χ2v) is 11.8. The number of allylic oxidation sites excluding steroid dienone is 2. The van der Waals surface area contributed by atoms with Crippen LogP contribution in [0.25, 0.3) is 0 Å². The summed E-state index contributed by atoms with van der Waals surface area (Å²) in [5.74, 6) is -5.62. The van der Waals surface area contributed by atoms with Crippen molar-refractivity contribution in [3.05, 3.63) is 50.4 Å². The van der Waals surface area contributed by atoms with E-state index >= 15 is 0 Å². The number of fused-ring (bicyclic) bond motifs is 3. The Balaban J connectivity index is 1.55. The summed E-state index contributed by atoms with van der Waals surface area (Å²) in [7, 11) is 0. The maximum Gasteiger partial charge on any atom is 0.255 e. The SMILES string of the molecule is NC(=O)C1=C(O)C[C@@H]2CC3Cc4c(Cl)c(CN5CC[S+]([O-])CC5)cc(O)c4C(=O)C3=C(O)[C@]2(O)C1=O. The average Bonchev–Trinajstić information content (AvgIpc) is 2.80. The highest BCUT2D eigenvalue weighted by molar-refractivity contribution is 7.91. The molecule has 36 heavy (non-hydrogen) atoms. The van der Waals surface area contributed by atoms with Gasteiger partial charge in [0.25, 0.3) is 5.91 Å². The van der Waals surface area contributed by atoms with Crippen molar-refractivity contribution in [2.75, 3.05) is 24.6 Å². The van der Waals surface area contributed by atoms with E-state index in [2.05, 4.69) is 4.90 Å². The number of nitrogens with two attached hydrogens (primary N) is 1. The van der Waals surface area contributed by atoms with Crippen molar-refractivity contribution in [1.82, 2.24) is 4.90 Å². The summed E-state index contributed by atoms with van der Waals surface area (Å²) < 4.78 is 11.7. The van der Waals surface area contributed by atoms with Crippen LogP contribution in [0.15, 0.2) is 28.7 Å². The van der Waals surface area contributed by atoms with Crippen molar-refractivity contribution in [3.63, 3.8) is 0 Å². The van der Waals surface area contributed by atoms with E-state index in [1.165, 1.54) is 6.07 Å². The maximum absolute atomic E-state index is 13.5. The summed E-state index contributed by atoms with van der Waals surface area (Å²) in [4.78, 5) is 40.3. The molecule has 12 heteroatoms. The van der Waals surface area contributed by atoms with Gasteiger partial charge in [0, 0.05) is 42.6 Å². The smallest absolute Gasteiger partial charge is 0.255 e. The van der Waals surface area contributed by atoms with Gasteiger partial charge in [-0.25, -0.2) is 0 Å². The van der Waals surface area contributed by atoms with Crippen LogP contribution >= 0.6 is 11.6 Å². The molecule has 0 spiro atoms. The first-order chi connectivity index (χ1) is 16.9. The van der Waals surface area contributed by atoms with Gasteiger partial charge in [0.05, 0.1) is 5.56 Å². The largest absolute Gasteiger partial charge is 0.616 e. The molecule has 1 heterocycles. The Morgan fingerprint density at radius 1 is 1.22 bits per heavy atom. The second-order valence-electron chi connectivity index (χ2n) is 9.76. The molecule has 0 saturated carbocycles. The average molecular weight is 537 g/mol. The van der Waals surface area contributed by atoms with Gasteiger partial charge >= 0.3 is 0 Å². The lowest BCUT2D eigenvalue weighted by molar-refractivity contribution is -0.144. The summed E-state index contributed by atoms with van der Waals surface area (Å²) in [6.45, 7) is 1.62. The summed E-state index contributed by atoms with van der Waals surface area (Å²) in [5, 5.41) is 43.7. The van der Waals surface area contributed by atoms with Gasteiger partial charge in [0.2, 0.25) is 5.78 Å². The van der Waals surface area contributed by atoms with E-state index < -0.39 is 63.2 Å². The number of rotatable bonds is 3. The molecule has 3 atom stereocenters. The fourth-order valence-corrected chi connectivity index (χ4v) is 7.33. The Morgan fingerprint density at radius 2 is 1.89 bits per heavy atom. The third-order valence-corrected chi connectivity index (χ3v) is 9.48. The molecule has 0 bridgehead atoms. The van der Waals surface area contributed by atoms with E-state index in [4.69, 9.17) is 17.3 Å². The molecule has 0 radical (unpaired) electrons. The first kappa shape index (κ1) is 25.1. The van der Waals surface area contributed by atoms with E-state index in [1.54, 1.807) is 0 Å². The van der Waals surface area contributed by atoms with E-state index in [9.17, 15) is 39.4 Å². The number of hydrogen-bond acceptors (Lipinski definition) is 9. The van der Waals surface area contributed by atoms with Crippen molar-refractivity contribution in [2.45, 2.75) is 31.4 Å². The topological polar surface area (TPSA) is 184 Å². The molecule has 1 aliphatic heterocycles. The zero-order valence-corrected chi connectivity index (χ0v) is 20.7. The van der Waals surface area contributed by atoms with E-state index in [0.717, 1.165) is 0 Å². The summed E-state index contributed by atoms with van der Waals surface area (Å²) in [5.41, 5.74) is 2.48. The van der Waals surface area contributed by atoms with Gasteiger partial charge in [-0.1, -0.05) is 22.8 Å². The lowest BCUT2D eigenvalue weighted by Gasteiger charge is -2.45. The summed E-state index contributed by atoms with van der Waals surface area (Å²) in [6.07, 6.45) is -0.0917. The number of halogens is 1. The van der Waals surface area contributed by atoms with Crippen LogP contribution in [-0.4, -0.2) is 77.5 Å². The molecule has 1 saturated heterocycles. The molecular weight excluding hydrogens is 512 g/mol. The maximum atomic E-state index is 13.5. The normalized spacial score (nSPS) is 29.2. The van der Waals surface area contributed by atoms with Crippen LogP contribution in [-0.2, 0) is 33.7 Å². The highest BCUT2D eigenvalue weighted by Gasteiger charge is 2.59. The third-order valence-electron chi connectivity index (χ3n) is 7.73. The fraction of sp³-hybridized carbons (Fsp3) is 0.458. The lowest BCUT2D eigenvalue weighted by Crippen LogP contribution is -2.57. The lowest BCUT2D eigenvalue weighted by atomic mass is 9.60. The number of aromatic hydroxyl groups is 1. The van der Waals surface area contributed by atoms with Crippen LogP contribution in [0.5, 0.6) is 5.75 Å². The number of ketones is 2. The molecule has 1 fully saturated rings. The first-order valence-electron chi connectivity index (χ1n) is 11.5. The molecule has 1 amide bonds. The van der Waals surface area contributed by atoms with Crippen molar-refractivity contribution in [3.8, 4) is 5.75 Å². The van der Waals surface area contributed by atoms with Crippen LogP contribution in [0.2, 0.25) is 5.02 Å². The van der Waals surface area contributed by atoms with Crippen LogP contribution < -0.4 is 5.73 Å². The van der Waals surface area contributed by atoms with Gasteiger partial charge in [-0.2, -0.15) is 0 Å². The van der Waals surface area contributed by atoms with Crippen LogP contribution in [0.4, 0.5) is 0 Å². The Bertz CT molecular complexity index is 1270. The Morgan fingerprint density at radius 3 is 2.53 bits per heavy atom. The predicted molar refractivity (Wildman–Crippen MR) is 129 cm³/mol. The monoisotopic (exact) mass is 536 g/mol. The molecular formula is C24H25ClN2O8S. The minimum atomic E-state index is -2.59. The number of aliphatic hydroxyl groups excluding tert-OH is 2. The highest BCUT2D eigenvalue weighted by atomic mass is 35.5. The minimum absolute atomic E-state index is 0.0438. The Kier molecular flexibility index (Phi) is 6.12. The van der Waals surface area contributed by atoms with Crippen LogP contribution in [0, 0.1) is 11.8 Å². The number of Topliss-reactive ketones (excluding diaryl/α,β-unsaturated/α-hetero) is 2. The quantitative estimate of drug-likeness (QED) is 0.275. The number of amides is 1. The van der Waals surface area contributed by atoms with Crippen molar-refractivity contribution < 1.29 is 39.4 Å². The van der Waals surface area contributed by atoms with Gasteiger partial charge in [-0.15, -0.1) is 0 Å². The standard InChI is InChI=1S/C24H25ClN2O8S/c25-19-11(9-27-1-3-36(35)4-2-27)7-14(28)17-13(19)6-10-5-12-8-15(29)18(23(26)33)22(32)24(12,34)21(31)16(10)20(17)30/h7,10,12,28-29,31,34H,1-6,8-9H2,(H2,26,33)/t10?,12-,24-/m0/s1. The molecule has 10 nitrogen and oxygen atoms in total. The number of phenolic OH excluding ortho intramolecular Hbond substituents is 1. The number of carbonyl (C=O) groups excluding carboxylic acids is 3. The Hall–Kier alpha value is -2.57. The number of benzene rings is 1. The zero-order valence-electron chi connectivity index (χ0n) is 19.1. The van der Waals surface area contributed by atoms with Crippen molar-refractivity contribution in [2.24, 2.45) is 17.6 Å². The number of carbonyl (C=O) groups is 3. The molecule has 0 aromatic heterocycles. The predicted octanol–water partition coefficient (Wildman–Crippen LogP) is 0.798. The summed E-state index contributed by atoms with van der Waals surface area (Å²) in [6, 6.07) is 1.39. The van der Waals surface area contributed by atoms with Gasteiger partial charge in [-0.3, -0.25) is 19.3 Å². The number of hydrogen-bond donors (Lipinski definition) is 5. The second kappa shape index (κ2) is 8.77. The Labute approximate surface area is 214 Å². The van der Waals surface area contributed by atoms with Crippen LogP contribution in [0.3, 0.4) is 0 Å². The molecule has 1 aromatic carbocycles. The van der Waals surface area contributed by atoms with Gasteiger partial charge in [0.1, 0.15) is 34.3 Å². The van der Waals surface area contributed by atoms with E-state index in [1.807, 2.05) is 0 Å². The van der Waals surface area contributed by atoms with Gasteiger partial charge in [0.15, 0.2) is 11.4 Å². The zero-order chi connectivity index (χ0) is 26.1. The molecule has 1 unspecified atom stereocenters. The number of aliphatic hydroxyl groups is 3. The fourth-order valence-electron chi connectivity index (χ4n) is 5.91. The number of phenols is 1. The highest BCUT2D eigenvalue weighted by Crippen LogP contribution is 2.52. The van der Waals surface area contributed by atoms with E-state index in [0.29, 0.717) is 47.3 Å². The molecule has 192 valence electrons. The molecule has 3 aliphatic carbocycles. The number of nitrogens with zero attached hydrogens (tertiary/aromatic N) is 1. The van der Waals surface area contributed by atoms with E-state index in [-0.39, 0.29) is 36.1 Å².